The third kappa shape index (κ3) is 4.54. The Kier molecular flexibility index (Phi) is 6.26. The molecule has 144 valence electrons. The first-order valence-electron chi connectivity index (χ1n) is 9.40. The van der Waals surface area contributed by atoms with Gasteiger partial charge in [0.1, 0.15) is 11.4 Å². The first kappa shape index (κ1) is 20.2. The smallest absolute Gasteiger partial charge is 0.416 e. The van der Waals surface area contributed by atoms with Crippen molar-refractivity contribution in [3.05, 3.63) is 23.9 Å². The van der Waals surface area contributed by atoms with Crippen LogP contribution in [-0.2, 0) is 9.53 Å². The predicted octanol–water partition coefficient (Wildman–Crippen LogP) is 4.31. The van der Waals surface area contributed by atoms with Crippen molar-refractivity contribution in [2.24, 2.45) is 0 Å². The molecular weight excluding hydrogens is 330 g/mol. The molecule has 2 heterocycles. The zero-order valence-corrected chi connectivity index (χ0v) is 16.8. The number of rotatable bonds is 4. The van der Waals surface area contributed by atoms with Gasteiger partial charge in [-0.1, -0.05) is 13.0 Å². The summed E-state index contributed by atoms with van der Waals surface area (Å²) in [5, 5.41) is 0. The van der Waals surface area contributed by atoms with E-state index in [-0.39, 0.29) is 18.0 Å². The second-order valence-electron chi connectivity index (χ2n) is 7.89. The number of likely N-dealkylation sites (tertiary alicyclic amines) is 1. The molecule has 2 amide bonds. The van der Waals surface area contributed by atoms with Crippen LogP contribution < -0.4 is 4.90 Å². The van der Waals surface area contributed by atoms with E-state index >= 15 is 0 Å². The zero-order valence-electron chi connectivity index (χ0n) is 16.8. The van der Waals surface area contributed by atoms with Crippen LogP contribution in [0.15, 0.2) is 18.3 Å². The molecule has 2 atom stereocenters. The van der Waals surface area contributed by atoms with E-state index in [1.165, 1.54) is 0 Å². The van der Waals surface area contributed by atoms with E-state index in [0.717, 1.165) is 31.4 Å². The van der Waals surface area contributed by atoms with Crippen LogP contribution in [0, 0.1) is 0 Å². The Morgan fingerprint density at radius 1 is 1.42 bits per heavy atom. The first-order valence-corrected chi connectivity index (χ1v) is 9.40. The van der Waals surface area contributed by atoms with E-state index in [1.54, 1.807) is 18.0 Å². The van der Waals surface area contributed by atoms with E-state index in [2.05, 4.69) is 4.98 Å². The lowest BCUT2D eigenvalue weighted by atomic mass is 10.0. The van der Waals surface area contributed by atoms with Crippen molar-refractivity contribution in [1.82, 2.24) is 9.88 Å². The summed E-state index contributed by atoms with van der Waals surface area (Å²) in [6.07, 6.45) is 3.89. The molecule has 0 N–H and O–H groups in total. The Hall–Kier alpha value is -2.11. The van der Waals surface area contributed by atoms with Gasteiger partial charge in [0.2, 0.25) is 5.91 Å². The molecule has 0 bridgehead atoms. The van der Waals surface area contributed by atoms with Crippen LogP contribution in [0.1, 0.15) is 72.4 Å². The molecule has 1 saturated heterocycles. The number of carbonyl (C=O) groups is 2. The van der Waals surface area contributed by atoms with Crippen molar-refractivity contribution in [2.45, 2.75) is 78.5 Å². The molecule has 0 spiro atoms. The number of nitrogens with zero attached hydrogens (tertiary/aromatic N) is 3. The van der Waals surface area contributed by atoms with Gasteiger partial charge in [0.05, 0.1) is 6.04 Å². The highest BCUT2D eigenvalue weighted by atomic mass is 16.6. The maximum absolute atomic E-state index is 12.9. The van der Waals surface area contributed by atoms with Crippen LogP contribution in [0.2, 0.25) is 0 Å². The second-order valence-corrected chi connectivity index (χ2v) is 7.89. The predicted molar refractivity (Wildman–Crippen MR) is 102 cm³/mol. The van der Waals surface area contributed by atoms with Crippen LogP contribution in [-0.4, -0.2) is 40.1 Å². The molecule has 0 saturated carbocycles. The molecule has 0 aromatic carbocycles. The molecule has 1 aromatic heterocycles. The number of hydrogen-bond acceptors (Lipinski definition) is 4. The summed E-state index contributed by atoms with van der Waals surface area (Å²) in [6, 6.07) is 3.71. The molecule has 2 rings (SSSR count). The Morgan fingerprint density at radius 3 is 2.69 bits per heavy atom. The molecule has 6 nitrogen and oxygen atoms in total. The van der Waals surface area contributed by atoms with Gasteiger partial charge in [-0.15, -0.1) is 0 Å². The minimum absolute atomic E-state index is 0.0506. The maximum atomic E-state index is 12.9. The quantitative estimate of drug-likeness (QED) is 0.802. The first-order chi connectivity index (χ1) is 12.2. The molecule has 0 aliphatic carbocycles. The summed E-state index contributed by atoms with van der Waals surface area (Å²) in [5.41, 5.74) is 0.322. The Balaban J connectivity index is 2.46. The number of hydrogen-bond donors (Lipinski definition) is 0. The van der Waals surface area contributed by atoms with Crippen molar-refractivity contribution in [3.8, 4) is 0 Å². The van der Waals surface area contributed by atoms with Crippen LogP contribution in [0.4, 0.5) is 10.6 Å². The lowest BCUT2D eigenvalue weighted by Crippen LogP contribution is -2.43. The molecule has 1 aliphatic heterocycles. The monoisotopic (exact) mass is 361 g/mol. The summed E-state index contributed by atoms with van der Waals surface area (Å²) in [4.78, 5) is 33.0. The summed E-state index contributed by atoms with van der Waals surface area (Å²) >= 11 is 0. The van der Waals surface area contributed by atoms with Gasteiger partial charge in [0.15, 0.2) is 0 Å². The Morgan fingerprint density at radius 2 is 2.12 bits per heavy atom. The van der Waals surface area contributed by atoms with E-state index in [1.807, 2.05) is 51.7 Å². The summed E-state index contributed by atoms with van der Waals surface area (Å²) in [7, 11) is 0. The van der Waals surface area contributed by atoms with Gasteiger partial charge in [0, 0.05) is 31.3 Å². The Bertz CT molecular complexity index is 654. The van der Waals surface area contributed by atoms with Gasteiger partial charge in [-0.3, -0.25) is 9.69 Å². The molecule has 2 unspecified atom stereocenters. The van der Waals surface area contributed by atoms with Gasteiger partial charge in [-0.2, -0.15) is 0 Å². The lowest BCUT2D eigenvalue weighted by Gasteiger charge is -2.33. The normalized spacial score (nSPS) is 18.5. The fraction of sp³-hybridized carbons (Fsp3) is 0.650. The number of amides is 2. The highest BCUT2D eigenvalue weighted by Crippen LogP contribution is 2.37. The fourth-order valence-electron chi connectivity index (χ4n) is 3.31. The second kappa shape index (κ2) is 8.06. The molecule has 26 heavy (non-hydrogen) atoms. The number of pyridine rings is 1. The van der Waals surface area contributed by atoms with Gasteiger partial charge in [-0.25, -0.2) is 9.78 Å². The average Bonchev–Trinajstić information content (AvgIpc) is 3.03. The van der Waals surface area contributed by atoms with Gasteiger partial charge in [-0.05, 0) is 53.0 Å². The average molecular weight is 361 g/mol. The third-order valence-corrected chi connectivity index (χ3v) is 4.68. The van der Waals surface area contributed by atoms with Crippen molar-refractivity contribution < 1.29 is 14.3 Å². The molecule has 0 radical (unpaired) electrons. The summed E-state index contributed by atoms with van der Waals surface area (Å²) in [6.45, 7) is 11.9. The number of anilines is 1. The highest BCUT2D eigenvalue weighted by Gasteiger charge is 2.35. The zero-order chi connectivity index (χ0) is 19.5. The van der Waals surface area contributed by atoms with Gasteiger partial charge >= 0.3 is 6.09 Å². The van der Waals surface area contributed by atoms with Gasteiger partial charge in [0.25, 0.3) is 0 Å². The standard InChI is InChI=1S/C20H31N3O3/c1-7-14(2)23(19(25)26-20(4,5)6)18-16(10-8-12-21-18)17-11-9-13-22(17)15(3)24/h8,10,12,14,17H,7,9,11,13H2,1-6H3. The fourth-order valence-corrected chi connectivity index (χ4v) is 3.31. The molecule has 1 fully saturated rings. The minimum atomic E-state index is -0.587. The maximum Gasteiger partial charge on any atom is 0.416 e. The summed E-state index contributed by atoms with van der Waals surface area (Å²) in [5.74, 6) is 0.643. The molecule has 1 aliphatic rings. The van der Waals surface area contributed by atoms with Crippen molar-refractivity contribution in [2.75, 3.05) is 11.4 Å². The van der Waals surface area contributed by atoms with E-state index < -0.39 is 11.7 Å². The van der Waals surface area contributed by atoms with Crippen LogP contribution in [0.5, 0.6) is 0 Å². The largest absolute Gasteiger partial charge is 0.443 e. The van der Waals surface area contributed by atoms with Crippen LogP contribution >= 0.6 is 0 Å². The van der Waals surface area contributed by atoms with Crippen LogP contribution in [0.25, 0.3) is 0 Å². The SMILES string of the molecule is CCC(C)N(C(=O)OC(C)(C)C)c1ncccc1C1CCCN1C(C)=O. The number of ether oxygens (including phenoxy) is 1. The van der Waals surface area contributed by atoms with E-state index in [0.29, 0.717) is 5.82 Å². The van der Waals surface area contributed by atoms with Crippen molar-refractivity contribution >= 4 is 17.8 Å². The van der Waals surface area contributed by atoms with E-state index in [4.69, 9.17) is 4.74 Å². The van der Waals surface area contributed by atoms with Crippen molar-refractivity contribution in [1.29, 1.82) is 0 Å². The highest BCUT2D eigenvalue weighted by molar-refractivity contribution is 5.88. The van der Waals surface area contributed by atoms with Gasteiger partial charge < -0.3 is 9.64 Å². The lowest BCUT2D eigenvalue weighted by molar-refractivity contribution is -0.129. The van der Waals surface area contributed by atoms with Crippen LogP contribution in [0.3, 0.4) is 0 Å². The Labute approximate surface area is 156 Å². The van der Waals surface area contributed by atoms with Crippen molar-refractivity contribution in [3.63, 3.8) is 0 Å². The van der Waals surface area contributed by atoms with E-state index in [9.17, 15) is 9.59 Å². The summed E-state index contributed by atoms with van der Waals surface area (Å²) < 4.78 is 5.64. The number of carbonyl (C=O) groups excluding carboxylic acids is 2. The minimum Gasteiger partial charge on any atom is -0.443 e. The molecule has 1 aromatic rings. The molecular formula is C20H31N3O3. The molecule has 6 heteroatoms. The topological polar surface area (TPSA) is 62.7 Å². The third-order valence-electron chi connectivity index (χ3n) is 4.68. The number of aromatic nitrogens is 1.